The molecule has 0 unspecified atom stereocenters. The van der Waals surface area contributed by atoms with E-state index in [1.807, 2.05) is 56.4 Å². The van der Waals surface area contributed by atoms with Gasteiger partial charge in [0.05, 0.1) is 12.5 Å². The van der Waals surface area contributed by atoms with Crippen LogP contribution in [0.4, 0.5) is 4.79 Å². The maximum atomic E-state index is 13.2. The Kier molecular flexibility index (Phi) is 12.1. The Balaban J connectivity index is 1.79. The number of hydrogen-bond acceptors (Lipinski definition) is 8. The largest absolute Gasteiger partial charge is 0.457 e. The summed E-state index contributed by atoms with van der Waals surface area (Å²) in [5.74, 6) is -0.703. The van der Waals surface area contributed by atoms with Gasteiger partial charge < -0.3 is 24.6 Å². The Morgan fingerprint density at radius 2 is 1.91 bits per heavy atom. The van der Waals surface area contributed by atoms with Gasteiger partial charge in [0.2, 0.25) is 0 Å². The molecule has 2 aliphatic rings. The zero-order valence-electron chi connectivity index (χ0n) is 26.9. The van der Waals surface area contributed by atoms with E-state index >= 15 is 0 Å². The van der Waals surface area contributed by atoms with Gasteiger partial charge in [-0.3, -0.25) is 14.7 Å². The molecule has 1 amide bonds. The van der Waals surface area contributed by atoms with Crippen molar-refractivity contribution < 1.29 is 29.3 Å². The van der Waals surface area contributed by atoms with Crippen LogP contribution in [0, 0.1) is 5.92 Å². The lowest BCUT2D eigenvalue weighted by molar-refractivity contribution is -0.151. The summed E-state index contributed by atoms with van der Waals surface area (Å²) in [6.07, 6.45) is 8.22. The molecule has 0 radical (unpaired) electrons. The molecule has 43 heavy (non-hydrogen) atoms. The maximum absolute atomic E-state index is 13.2. The standard InChI is InChI=1S/C34H51N3O6/c1-24(28-13-8-9-18-35-28)11-10-12-25(2)31-26(3)14-15-29(34(7,41)17-16-27(38)23-30(39)43-31)42-32(40)36-19-21-37(22-20-36)33(4,5)6/h8-15,18,24,26-27,29,31,38,41H,16-17,19-23H2,1-7H3/b11-10+,15-14-,25-12+/t24-,26-,27-,29-,31+,34-/m0/s1. The number of carbonyl (C=O) groups is 2. The van der Waals surface area contributed by atoms with Crippen molar-refractivity contribution >= 4 is 12.1 Å². The molecular formula is C34H51N3O6. The third-order valence-electron chi connectivity index (χ3n) is 8.40. The van der Waals surface area contributed by atoms with E-state index in [-0.39, 0.29) is 36.6 Å². The van der Waals surface area contributed by atoms with Crippen molar-refractivity contribution in [1.29, 1.82) is 0 Å². The quantitative estimate of drug-likeness (QED) is 0.277. The van der Waals surface area contributed by atoms with Crippen LogP contribution in [0.3, 0.4) is 0 Å². The van der Waals surface area contributed by atoms with Crippen molar-refractivity contribution in [2.75, 3.05) is 26.2 Å². The number of pyridine rings is 1. The highest BCUT2D eigenvalue weighted by atomic mass is 16.6. The van der Waals surface area contributed by atoms with Crippen LogP contribution < -0.4 is 0 Å². The van der Waals surface area contributed by atoms with Gasteiger partial charge in [-0.25, -0.2) is 4.79 Å². The molecule has 3 heterocycles. The molecule has 2 aliphatic heterocycles. The molecule has 1 aromatic rings. The summed E-state index contributed by atoms with van der Waals surface area (Å²) >= 11 is 0. The summed E-state index contributed by atoms with van der Waals surface area (Å²) in [5.41, 5.74) is 0.343. The number of aromatic nitrogens is 1. The molecule has 6 atom stereocenters. The number of ether oxygens (including phenoxy) is 2. The Hall–Kier alpha value is -3.01. The van der Waals surface area contributed by atoms with Gasteiger partial charge in [0, 0.05) is 55.4 Å². The minimum atomic E-state index is -1.45. The molecular weight excluding hydrogens is 546 g/mol. The predicted octanol–water partition coefficient (Wildman–Crippen LogP) is 5.01. The Morgan fingerprint density at radius 3 is 2.53 bits per heavy atom. The molecule has 238 valence electrons. The fourth-order valence-electron chi connectivity index (χ4n) is 5.41. The van der Waals surface area contributed by atoms with E-state index in [0.29, 0.717) is 13.1 Å². The van der Waals surface area contributed by atoms with Gasteiger partial charge in [0.15, 0.2) is 6.10 Å². The number of amides is 1. The second kappa shape index (κ2) is 15.1. The van der Waals surface area contributed by atoms with Gasteiger partial charge in [-0.15, -0.1) is 0 Å². The van der Waals surface area contributed by atoms with Gasteiger partial charge >= 0.3 is 12.1 Å². The number of rotatable bonds is 5. The molecule has 0 aromatic carbocycles. The first-order valence-corrected chi connectivity index (χ1v) is 15.4. The summed E-state index contributed by atoms with van der Waals surface area (Å²) < 4.78 is 11.8. The first-order valence-electron chi connectivity index (χ1n) is 15.4. The smallest absolute Gasteiger partial charge is 0.410 e. The lowest BCUT2D eigenvalue weighted by Gasteiger charge is -2.42. The highest BCUT2D eigenvalue weighted by Crippen LogP contribution is 2.28. The van der Waals surface area contributed by atoms with E-state index in [2.05, 4.69) is 37.6 Å². The van der Waals surface area contributed by atoms with Crippen LogP contribution in [-0.4, -0.2) is 92.7 Å². The second-order valence-corrected chi connectivity index (χ2v) is 13.2. The monoisotopic (exact) mass is 597 g/mol. The molecule has 0 spiro atoms. The highest BCUT2D eigenvalue weighted by Gasteiger charge is 2.37. The summed E-state index contributed by atoms with van der Waals surface area (Å²) in [5, 5.41) is 22.0. The lowest BCUT2D eigenvalue weighted by Crippen LogP contribution is -2.55. The van der Waals surface area contributed by atoms with E-state index in [1.165, 1.54) is 0 Å². The van der Waals surface area contributed by atoms with Crippen molar-refractivity contribution in [2.24, 2.45) is 5.92 Å². The fraction of sp³-hybridized carbons (Fsp3) is 0.618. The van der Waals surface area contributed by atoms with Crippen molar-refractivity contribution in [3.05, 3.63) is 66.0 Å². The zero-order chi connectivity index (χ0) is 31.8. The molecule has 1 fully saturated rings. The third kappa shape index (κ3) is 10.3. The van der Waals surface area contributed by atoms with Crippen LogP contribution in [0.15, 0.2) is 60.3 Å². The summed E-state index contributed by atoms with van der Waals surface area (Å²) in [7, 11) is 0. The van der Waals surface area contributed by atoms with E-state index in [0.717, 1.165) is 24.4 Å². The minimum Gasteiger partial charge on any atom is -0.457 e. The number of esters is 1. The van der Waals surface area contributed by atoms with E-state index < -0.39 is 36.0 Å². The predicted molar refractivity (Wildman–Crippen MR) is 167 cm³/mol. The van der Waals surface area contributed by atoms with Gasteiger partial charge in [0.1, 0.15) is 11.7 Å². The van der Waals surface area contributed by atoms with Crippen LogP contribution >= 0.6 is 0 Å². The number of piperazine rings is 1. The molecule has 0 saturated carbocycles. The van der Waals surface area contributed by atoms with Crippen LogP contribution in [-0.2, 0) is 14.3 Å². The van der Waals surface area contributed by atoms with Crippen LogP contribution in [0.25, 0.3) is 0 Å². The molecule has 9 nitrogen and oxygen atoms in total. The first kappa shape index (κ1) is 34.5. The van der Waals surface area contributed by atoms with E-state index in [9.17, 15) is 19.8 Å². The second-order valence-electron chi connectivity index (χ2n) is 13.2. The Labute approximate surface area is 257 Å². The number of aliphatic hydroxyl groups is 2. The highest BCUT2D eigenvalue weighted by molar-refractivity contribution is 5.70. The van der Waals surface area contributed by atoms with Crippen LogP contribution in [0.5, 0.6) is 0 Å². The minimum absolute atomic E-state index is 0.0204. The molecule has 0 aliphatic carbocycles. The molecule has 1 saturated heterocycles. The summed E-state index contributed by atoms with van der Waals surface area (Å²) in [6, 6.07) is 5.81. The normalized spacial score (nSPS) is 30.2. The number of cyclic esters (lactones) is 1. The molecule has 1 aromatic heterocycles. The number of nitrogens with zero attached hydrogens (tertiary/aromatic N) is 3. The number of hydrogen-bond donors (Lipinski definition) is 2. The molecule has 9 heteroatoms. The van der Waals surface area contributed by atoms with Crippen LogP contribution in [0.1, 0.15) is 79.3 Å². The fourth-order valence-corrected chi connectivity index (χ4v) is 5.41. The number of carbonyl (C=O) groups excluding carboxylic acids is 2. The Morgan fingerprint density at radius 1 is 1.21 bits per heavy atom. The van der Waals surface area contributed by atoms with Crippen molar-refractivity contribution in [2.45, 2.75) is 103 Å². The maximum Gasteiger partial charge on any atom is 0.410 e. The zero-order valence-corrected chi connectivity index (χ0v) is 26.9. The van der Waals surface area contributed by atoms with Crippen molar-refractivity contribution in [3.8, 4) is 0 Å². The first-order chi connectivity index (χ1) is 20.2. The summed E-state index contributed by atoms with van der Waals surface area (Å²) in [4.78, 5) is 34.4. The molecule has 3 rings (SSSR count). The SMILES string of the molecule is C/C(=C\C=C\[C@H](C)c1ccccn1)[C@H]1OC(=O)C[C@@H](O)CC[C@](C)(O)[C@@H](OC(=O)N2CCN(C(C)(C)C)CC2)/C=C\[C@@H]1C. The summed E-state index contributed by atoms with van der Waals surface area (Å²) in [6.45, 7) is 16.5. The van der Waals surface area contributed by atoms with Gasteiger partial charge in [-0.2, -0.15) is 0 Å². The average molecular weight is 598 g/mol. The van der Waals surface area contributed by atoms with E-state index in [1.54, 1.807) is 24.1 Å². The van der Waals surface area contributed by atoms with Crippen molar-refractivity contribution in [3.63, 3.8) is 0 Å². The number of allylic oxidation sites excluding steroid dienone is 3. The lowest BCUT2D eigenvalue weighted by atomic mass is 9.88. The number of aliphatic hydroxyl groups excluding tert-OH is 1. The molecule has 2 N–H and O–H groups in total. The van der Waals surface area contributed by atoms with E-state index in [4.69, 9.17) is 9.47 Å². The van der Waals surface area contributed by atoms with Gasteiger partial charge in [0.25, 0.3) is 0 Å². The topological polar surface area (TPSA) is 112 Å². The van der Waals surface area contributed by atoms with Gasteiger partial charge in [-0.05, 0) is 71.2 Å². The van der Waals surface area contributed by atoms with Crippen LogP contribution in [0.2, 0.25) is 0 Å². The van der Waals surface area contributed by atoms with Gasteiger partial charge in [-0.1, -0.05) is 44.2 Å². The van der Waals surface area contributed by atoms with Crippen molar-refractivity contribution in [1.82, 2.24) is 14.8 Å². The third-order valence-corrected chi connectivity index (χ3v) is 8.40. The average Bonchev–Trinajstić information content (AvgIpc) is 2.96. The molecule has 0 bridgehead atoms. The Bertz CT molecular complexity index is 1150.